The molecule has 0 aliphatic rings. The summed E-state index contributed by atoms with van der Waals surface area (Å²) in [6.45, 7) is 0.489. The summed E-state index contributed by atoms with van der Waals surface area (Å²) in [5.74, 6) is -0.167. The van der Waals surface area contributed by atoms with Crippen LogP contribution < -0.4 is 5.32 Å². The Bertz CT molecular complexity index is 522. The molecule has 3 nitrogen and oxygen atoms in total. The summed E-state index contributed by atoms with van der Waals surface area (Å²) in [5.41, 5.74) is 1.51. The van der Waals surface area contributed by atoms with E-state index >= 15 is 0 Å². The van der Waals surface area contributed by atoms with Crippen molar-refractivity contribution < 1.29 is 4.79 Å². The van der Waals surface area contributed by atoms with Crippen LogP contribution in [0.3, 0.4) is 0 Å². The molecule has 1 amide bonds. The van der Waals surface area contributed by atoms with E-state index in [4.69, 9.17) is 11.6 Å². The van der Waals surface area contributed by atoms with Crippen LogP contribution in [0.15, 0.2) is 41.0 Å². The monoisotopic (exact) mass is 312 g/mol. The van der Waals surface area contributed by atoms with Crippen molar-refractivity contribution in [3.8, 4) is 0 Å². The molecule has 0 bridgehead atoms. The van der Waals surface area contributed by atoms with Gasteiger partial charge in [0.05, 0.1) is 5.02 Å². The van der Waals surface area contributed by atoms with Crippen LogP contribution in [0.2, 0.25) is 5.02 Å². The molecule has 0 saturated heterocycles. The first-order valence-electron chi connectivity index (χ1n) is 5.02. The highest BCUT2D eigenvalue weighted by Crippen LogP contribution is 2.11. The molecular weight excluding hydrogens is 304 g/mol. The number of hydrogen-bond acceptors (Lipinski definition) is 1. The van der Waals surface area contributed by atoms with Gasteiger partial charge < -0.3 is 10.3 Å². The minimum Gasteiger partial charge on any atom is -0.356 e. The zero-order valence-corrected chi connectivity index (χ0v) is 11.2. The van der Waals surface area contributed by atoms with Gasteiger partial charge in [0.2, 0.25) is 0 Å². The molecule has 2 rings (SSSR count). The molecule has 0 saturated carbocycles. The molecule has 17 heavy (non-hydrogen) atoms. The molecule has 0 aliphatic carbocycles. The Morgan fingerprint density at radius 2 is 2.06 bits per heavy atom. The number of rotatable bonds is 3. The predicted molar refractivity (Wildman–Crippen MR) is 71.1 cm³/mol. The SMILES string of the molecule is O=C(NCc1ccc(Br)cc1)c1cc(Cl)c[nH]1. The fourth-order valence-corrected chi connectivity index (χ4v) is 1.81. The largest absolute Gasteiger partial charge is 0.356 e. The van der Waals surface area contributed by atoms with Gasteiger partial charge in [-0.3, -0.25) is 4.79 Å². The predicted octanol–water partition coefficient (Wildman–Crippen LogP) is 3.36. The first-order chi connectivity index (χ1) is 8.15. The number of hydrogen-bond donors (Lipinski definition) is 2. The van der Waals surface area contributed by atoms with E-state index in [1.807, 2.05) is 24.3 Å². The maximum Gasteiger partial charge on any atom is 0.268 e. The van der Waals surface area contributed by atoms with E-state index in [2.05, 4.69) is 26.2 Å². The van der Waals surface area contributed by atoms with Gasteiger partial charge in [0.15, 0.2) is 0 Å². The fourth-order valence-electron chi connectivity index (χ4n) is 1.38. The van der Waals surface area contributed by atoms with E-state index in [0.29, 0.717) is 17.3 Å². The molecule has 2 N–H and O–H groups in total. The Kier molecular flexibility index (Phi) is 3.86. The number of H-pyrrole nitrogens is 1. The molecule has 0 radical (unpaired) electrons. The van der Waals surface area contributed by atoms with Crippen LogP contribution in [0.4, 0.5) is 0 Å². The topological polar surface area (TPSA) is 44.9 Å². The van der Waals surface area contributed by atoms with E-state index < -0.39 is 0 Å². The molecule has 0 atom stereocenters. The first kappa shape index (κ1) is 12.2. The Hall–Kier alpha value is -1.26. The van der Waals surface area contributed by atoms with Gasteiger partial charge in [-0.05, 0) is 23.8 Å². The average molecular weight is 314 g/mol. The van der Waals surface area contributed by atoms with Gasteiger partial charge in [-0.1, -0.05) is 39.7 Å². The fraction of sp³-hybridized carbons (Fsp3) is 0.0833. The second-order valence-corrected chi connectivity index (χ2v) is 4.89. The molecular formula is C12H10BrClN2O. The lowest BCUT2D eigenvalue weighted by Crippen LogP contribution is -2.22. The van der Waals surface area contributed by atoms with E-state index in [9.17, 15) is 4.79 Å². The van der Waals surface area contributed by atoms with Crippen LogP contribution in [0.5, 0.6) is 0 Å². The number of nitrogens with one attached hydrogen (secondary N) is 2. The molecule has 88 valence electrons. The number of halogens is 2. The Morgan fingerprint density at radius 3 is 2.65 bits per heavy atom. The van der Waals surface area contributed by atoms with E-state index in [1.165, 1.54) is 0 Å². The number of carbonyl (C=O) groups is 1. The van der Waals surface area contributed by atoms with Gasteiger partial charge in [-0.15, -0.1) is 0 Å². The van der Waals surface area contributed by atoms with Gasteiger partial charge in [0.25, 0.3) is 5.91 Å². The lowest BCUT2D eigenvalue weighted by Gasteiger charge is -2.03. The third-order valence-electron chi connectivity index (χ3n) is 2.26. The molecule has 1 heterocycles. The summed E-state index contributed by atoms with van der Waals surface area (Å²) >= 11 is 9.08. The molecule has 1 aromatic carbocycles. The third-order valence-corrected chi connectivity index (χ3v) is 3.01. The molecule has 2 aromatic rings. The second kappa shape index (κ2) is 5.38. The van der Waals surface area contributed by atoms with Crippen LogP contribution in [-0.4, -0.2) is 10.9 Å². The van der Waals surface area contributed by atoms with Gasteiger partial charge in [-0.2, -0.15) is 0 Å². The summed E-state index contributed by atoms with van der Waals surface area (Å²) in [4.78, 5) is 14.5. The van der Waals surface area contributed by atoms with Gasteiger partial charge in [-0.25, -0.2) is 0 Å². The number of aromatic nitrogens is 1. The molecule has 0 spiro atoms. The van der Waals surface area contributed by atoms with Crippen LogP contribution in [-0.2, 0) is 6.54 Å². The number of carbonyl (C=O) groups excluding carboxylic acids is 1. The standard InChI is InChI=1S/C12H10BrClN2O/c13-9-3-1-8(2-4-9)6-16-12(17)11-5-10(14)7-15-11/h1-5,7,15H,6H2,(H,16,17). The minimum absolute atomic E-state index is 0.167. The first-order valence-corrected chi connectivity index (χ1v) is 6.19. The summed E-state index contributed by atoms with van der Waals surface area (Å²) in [6.07, 6.45) is 1.58. The number of benzene rings is 1. The normalized spacial score (nSPS) is 10.2. The van der Waals surface area contributed by atoms with E-state index in [0.717, 1.165) is 10.0 Å². The Balaban J connectivity index is 1.94. The van der Waals surface area contributed by atoms with Crippen molar-refractivity contribution in [3.63, 3.8) is 0 Å². The molecule has 0 aliphatic heterocycles. The number of amides is 1. The summed E-state index contributed by atoms with van der Waals surface area (Å²) in [7, 11) is 0. The summed E-state index contributed by atoms with van der Waals surface area (Å²) in [5, 5.41) is 3.33. The van der Waals surface area contributed by atoms with Crippen molar-refractivity contribution in [1.29, 1.82) is 0 Å². The third kappa shape index (κ3) is 3.35. The van der Waals surface area contributed by atoms with Gasteiger partial charge in [0.1, 0.15) is 5.69 Å². The molecule has 1 aromatic heterocycles. The lowest BCUT2D eigenvalue weighted by atomic mass is 10.2. The minimum atomic E-state index is -0.167. The average Bonchev–Trinajstić information content (AvgIpc) is 2.75. The van der Waals surface area contributed by atoms with Crippen molar-refractivity contribution in [2.24, 2.45) is 0 Å². The highest BCUT2D eigenvalue weighted by Gasteiger charge is 2.07. The van der Waals surface area contributed by atoms with Crippen molar-refractivity contribution in [3.05, 3.63) is 57.3 Å². The van der Waals surface area contributed by atoms with Crippen LogP contribution in [0.25, 0.3) is 0 Å². The van der Waals surface area contributed by atoms with Crippen LogP contribution >= 0.6 is 27.5 Å². The van der Waals surface area contributed by atoms with E-state index in [-0.39, 0.29) is 5.91 Å². The maximum atomic E-state index is 11.7. The summed E-state index contributed by atoms with van der Waals surface area (Å²) in [6, 6.07) is 9.37. The summed E-state index contributed by atoms with van der Waals surface area (Å²) < 4.78 is 1.02. The number of aromatic amines is 1. The van der Waals surface area contributed by atoms with Crippen molar-refractivity contribution in [1.82, 2.24) is 10.3 Å². The van der Waals surface area contributed by atoms with Gasteiger partial charge in [0, 0.05) is 17.2 Å². The maximum absolute atomic E-state index is 11.7. The zero-order chi connectivity index (χ0) is 12.3. The second-order valence-electron chi connectivity index (χ2n) is 3.54. The molecule has 0 unspecified atom stereocenters. The van der Waals surface area contributed by atoms with Crippen LogP contribution in [0.1, 0.15) is 16.1 Å². The zero-order valence-electron chi connectivity index (χ0n) is 8.84. The Labute approximate surface area is 112 Å². The molecule has 0 fully saturated rings. The quantitative estimate of drug-likeness (QED) is 0.896. The highest BCUT2D eigenvalue weighted by atomic mass is 79.9. The molecule has 5 heteroatoms. The smallest absolute Gasteiger partial charge is 0.268 e. The van der Waals surface area contributed by atoms with Crippen LogP contribution in [0, 0.1) is 0 Å². The lowest BCUT2D eigenvalue weighted by molar-refractivity contribution is 0.0946. The highest BCUT2D eigenvalue weighted by molar-refractivity contribution is 9.10. The van der Waals surface area contributed by atoms with Crippen molar-refractivity contribution >= 4 is 33.4 Å². The van der Waals surface area contributed by atoms with Gasteiger partial charge >= 0.3 is 0 Å². The van der Waals surface area contributed by atoms with Crippen molar-refractivity contribution in [2.45, 2.75) is 6.54 Å². The Morgan fingerprint density at radius 1 is 1.35 bits per heavy atom. The van der Waals surface area contributed by atoms with E-state index in [1.54, 1.807) is 12.3 Å². The van der Waals surface area contributed by atoms with Crippen molar-refractivity contribution in [2.75, 3.05) is 0 Å².